The lowest BCUT2D eigenvalue weighted by Gasteiger charge is -2.28. The average Bonchev–Trinajstić information content (AvgIpc) is 3.47. The summed E-state index contributed by atoms with van der Waals surface area (Å²) >= 11 is 0. The average molecular weight is 455 g/mol. The normalized spacial score (nSPS) is 15.7. The third kappa shape index (κ3) is 4.63. The molecule has 176 valence electrons. The van der Waals surface area contributed by atoms with Crippen LogP contribution in [0.15, 0.2) is 30.3 Å². The Morgan fingerprint density at radius 2 is 1.73 bits per heavy atom. The monoisotopic (exact) mass is 454 g/mol. The Morgan fingerprint density at radius 3 is 2.42 bits per heavy atom. The van der Waals surface area contributed by atoms with Gasteiger partial charge in [-0.1, -0.05) is 25.0 Å². The van der Waals surface area contributed by atoms with Crippen molar-refractivity contribution in [2.75, 3.05) is 20.8 Å². The topological polar surface area (TPSA) is 80.3 Å². The van der Waals surface area contributed by atoms with Gasteiger partial charge in [-0.05, 0) is 50.5 Å². The minimum Gasteiger partial charge on any atom is -0.493 e. The number of benzene rings is 2. The summed E-state index contributed by atoms with van der Waals surface area (Å²) in [6.45, 7) is 3.98. The zero-order chi connectivity index (χ0) is 23.6. The van der Waals surface area contributed by atoms with E-state index in [0.29, 0.717) is 22.8 Å². The van der Waals surface area contributed by atoms with E-state index in [4.69, 9.17) is 23.7 Å². The molecule has 0 N–H and O–H groups in total. The van der Waals surface area contributed by atoms with Crippen molar-refractivity contribution >= 4 is 11.9 Å². The van der Waals surface area contributed by atoms with Gasteiger partial charge in [0.15, 0.2) is 11.5 Å². The number of ether oxygens (including phenoxy) is 5. The summed E-state index contributed by atoms with van der Waals surface area (Å²) in [4.78, 5) is 24.7. The summed E-state index contributed by atoms with van der Waals surface area (Å²) in [5.41, 5.74) is 2.05. The number of carbonyl (C=O) groups is 2. The SMILES string of the molecule is COc1ccc(-c2cccc3c2COC3=O)c(OCC(C)(C)OC(=O)C2CCCC2)c1OC. The number of hydrogen-bond acceptors (Lipinski definition) is 7. The number of cyclic esters (lactones) is 1. The lowest BCUT2D eigenvalue weighted by Crippen LogP contribution is -2.36. The van der Waals surface area contributed by atoms with E-state index in [-0.39, 0.29) is 31.1 Å². The Morgan fingerprint density at radius 1 is 1.00 bits per heavy atom. The van der Waals surface area contributed by atoms with E-state index in [2.05, 4.69) is 0 Å². The van der Waals surface area contributed by atoms with Gasteiger partial charge >= 0.3 is 11.9 Å². The third-order valence-corrected chi connectivity index (χ3v) is 6.16. The summed E-state index contributed by atoms with van der Waals surface area (Å²) in [7, 11) is 3.10. The maximum atomic E-state index is 12.6. The van der Waals surface area contributed by atoms with Gasteiger partial charge in [0.05, 0.1) is 25.7 Å². The molecule has 4 rings (SSSR count). The third-order valence-electron chi connectivity index (χ3n) is 6.16. The highest BCUT2D eigenvalue weighted by Crippen LogP contribution is 2.46. The molecular formula is C26H30O7. The Kier molecular flexibility index (Phi) is 6.49. The number of methoxy groups -OCH3 is 2. The van der Waals surface area contributed by atoms with Crippen LogP contribution < -0.4 is 14.2 Å². The van der Waals surface area contributed by atoms with Gasteiger partial charge in [0, 0.05) is 11.1 Å². The molecule has 2 aliphatic rings. The first kappa shape index (κ1) is 23.0. The quantitative estimate of drug-likeness (QED) is 0.523. The minimum absolute atomic E-state index is 0.0318. The molecule has 2 aromatic rings. The molecule has 0 atom stereocenters. The molecule has 0 bridgehead atoms. The highest BCUT2D eigenvalue weighted by atomic mass is 16.6. The van der Waals surface area contributed by atoms with Crippen LogP contribution in [0.1, 0.15) is 55.5 Å². The van der Waals surface area contributed by atoms with Crippen molar-refractivity contribution in [1.29, 1.82) is 0 Å². The van der Waals surface area contributed by atoms with Crippen LogP contribution in [-0.2, 0) is 20.9 Å². The second kappa shape index (κ2) is 9.33. The van der Waals surface area contributed by atoms with Crippen LogP contribution >= 0.6 is 0 Å². The van der Waals surface area contributed by atoms with Crippen LogP contribution in [0.3, 0.4) is 0 Å². The van der Waals surface area contributed by atoms with E-state index in [1.165, 1.54) is 0 Å². The van der Waals surface area contributed by atoms with Crippen molar-refractivity contribution in [2.45, 2.75) is 51.7 Å². The summed E-state index contributed by atoms with van der Waals surface area (Å²) in [6, 6.07) is 9.14. The molecule has 7 heteroatoms. The number of rotatable bonds is 8. The van der Waals surface area contributed by atoms with E-state index >= 15 is 0 Å². The zero-order valence-electron chi connectivity index (χ0n) is 19.6. The number of fused-ring (bicyclic) bond motifs is 1. The van der Waals surface area contributed by atoms with Crippen LogP contribution in [0.4, 0.5) is 0 Å². The molecule has 1 fully saturated rings. The summed E-state index contributed by atoms with van der Waals surface area (Å²) in [5.74, 6) is 0.850. The largest absolute Gasteiger partial charge is 0.493 e. The van der Waals surface area contributed by atoms with E-state index in [1.807, 2.05) is 32.0 Å². The van der Waals surface area contributed by atoms with Crippen molar-refractivity contribution in [2.24, 2.45) is 5.92 Å². The van der Waals surface area contributed by atoms with Gasteiger partial charge in [0.1, 0.15) is 18.8 Å². The molecule has 2 aromatic carbocycles. The Bertz CT molecular complexity index is 1050. The Labute approximate surface area is 193 Å². The van der Waals surface area contributed by atoms with Crippen molar-refractivity contribution in [3.8, 4) is 28.4 Å². The molecule has 7 nitrogen and oxygen atoms in total. The lowest BCUT2D eigenvalue weighted by atomic mass is 9.95. The molecule has 0 radical (unpaired) electrons. The minimum atomic E-state index is -0.845. The van der Waals surface area contributed by atoms with Gasteiger partial charge in [-0.25, -0.2) is 4.79 Å². The predicted molar refractivity (Wildman–Crippen MR) is 122 cm³/mol. The molecule has 0 spiro atoms. The maximum Gasteiger partial charge on any atom is 0.338 e. The fourth-order valence-corrected chi connectivity index (χ4v) is 4.45. The van der Waals surface area contributed by atoms with Crippen LogP contribution in [0.25, 0.3) is 11.1 Å². The fraction of sp³-hybridized carbons (Fsp3) is 0.462. The van der Waals surface area contributed by atoms with Gasteiger partial charge in [-0.15, -0.1) is 0 Å². The van der Waals surface area contributed by atoms with Crippen LogP contribution in [0.2, 0.25) is 0 Å². The first-order valence-electron chi connectivity index (χ1n) is 11.2. The maximum absolute atomic E-state index is 12.6. The molecule has 1 saturated carbocycles. The molecule has 0 saturated heterocycles. The molecular weight excluding hydrogens is 424 g/mol. The van der Waals surface area contributed by atoms with Crippen molar-refractivity contribution in [3.05, 3.63) is 41.5 Å². The van der Waals surface area contributed by atoms with Gasteiger partial charge in [0.2, 0.25) is 5.75 Å². The van der Waals surface area contributed by atoms with Gasteiger partial charge in [-0.3, -0.25) is 4.79 Å². The number of esters is 2. The van der Waals surface area contributed by atoms with E-state index in [1.54, 1.807) is 26.4 Å². The van der Waals surface area contributed by atoms with Gasteiger partial charge < -0.3 is 23.7 Å². The highest BCUT2D eigenvalue weighted by Gasteiger charge is 2.32. The van der Waals surface area contributed by atoms with E-state index in [0.717, 1.165) is 42.4 Å². The van der Waals surface area contributed by atoms with Crippen molar-refractivity contribution in [1.82, 2.24) is 0 Å². The molecule has 33 heavy (non-hydrogen) atoms. The molecule has 1 aliphatic heterocycles. The Balaban J connectivity index is 1.66. The predicted octanol–water partition coefficient (Wildman–Crippen LogP) is 4.93. The summed E-state index contributed by atoms with van der Waals surface area (Å²) in [6.07, 6.45) is 3.89. The highest BCUT2D eigenvalue weighted by molar-refractivity contribution is 5.96. The van der Waals surface area contributed by atoms with Crippen LogP contribution in [-0.4, -0.2) is 38.4 Å². The smallest absolute Gasteiger partial charge is 0.338 e. The number of carbonyl (C=O) groups excluding carboxylic acids is 2. The van der Waals surface area contributed by atoms with Crippen LogP contribution in [0, 0.1) is 5.92 Å². The van der Waals surface area contributed by atoms with Gasteiger partial charge in [-0.2, -0.15) is 0 Å². The first-order valence-corrected chi connectivity index (χ1v) is 11.2. The first-order chi connectivity index (χ1) is 15.8. The van der Waals surface area contributed by atoms with Crippen molar-refractivity contribution in [3.63, 3.8) is 0 Å². The molecule has 0 amide bonds. The standard InChI is InChI=1S/C26H30O7/c1-26(2,33-24(27)16-8-5-6-9-16)15-32-22-18(12-13-21(29-3)23(22)30-4)17-10-7-11-19-20(17)14-31-25(19)28/h7,10-13,16H,5-6,8-9,14-15H2,1-4H3. The second-order valence-corrected chi connectivity index (χ2v) is 9.04. The van der Waals surface area contributed by atoms with Crippen molar-refractivity contribution < 1.29 is 33.3 Å². The Hall–Kier alpha value is -3.22. The summed E-state index contributed by atoms with van der Waals surface area (Å²) in [5, 5.41) is 0. The van der Waals surface area contributed by atoms with E-state index < -0.39 is 5.60 Å². The van der Waals surface area contributed by atoms with E-state index in [9.17, 15) is 9.59 Å². The molecule has 1 heterocycles. The zero-order valence-corrected chi connectivity index (χ0v) is 19.6. The van der Waals surface area contributed by atoms with Gasteiger partial charge in [0.25, 0.3) is 0 Å². The molecule has 1 aliphatic carbocycles. The number of hydrogen-bond donors (Lipinski definition) is 0. The second-order valence-electron chi connectivity index (χ2n) is 9.04. The van der Waals surface area contributed by atoms with Crippen LogP contribution in [0.5, 0.6) is 17.2 Å². The lowest BCUT2D eigenvalue weighted by molar-refractivity contribution is -0.164. The summed E-state index contributed by atoms with van der Waals surface area (Å²) < 4.78 is 28.4. The molecule has 0 aromatic heterocycles. The fourth-order valence-electron chi connectivity index (χ4n) is 4.45. The molecule has 0 unspecified atom stereocenters.